The van der Waals surface area contributed by atoms with Crippen LogP contribution < -0.4 is 26.1 Å². The maximum atomic E-state index is 13.2. The van der Waals surface area contributed by atoms with Gasteiger partial charge in [-0.2, -0.15) is 13.2 Å². The van der Waals surface area contributed by atoms with Gasteiger partial charge in [0, 0.05) is 18.8 Å². The summed E-state index contributed by atoms with van der Waals surface area (Å²) in [5.41, 5.74) is -2.71. The Morgan fingerprint density at radius 3 is 2.44 bits per heavy atom. The second-order valence-corrected chi connectivity index (χ2v) is 7.39. The number of para-hydroxylation sites is 1. The molecule has 1 aromatic heterocycles. The van der Waals surface area contributed by atoms with Crippen LogP contribution in [0.1, 0.15) is 12.5 Å². The van der Waals surface area contributed by atoms with Crippen molar-refractivity contribution in [3.05, 3.63) is 74.8 Å². The highest BCUT2D eigenvalue weighted by Crippen LogP contribution is 2.34. The summed E-state index contributed by atoms with van der Waals surface area (Å²) in [7, 11) is 0. The third-order valence-electron chi connectivity index (χ3n) is 5.16. The molecule has 0 bridgehead atoms. The Balaban J connectivity index is 1.61. The van der Waals surface area contributed by atoms with Crippen molar-refractivity contribution < 1.29 is 22.7 Å². The average Bonchev–Trinajstić information content (AvgIpc) is 3.21. The quantitative estimate of drug-likeness (QED) is 0.551. The second-order valence-electron chi connectivity index (χ2n) is 7.39. The molecule has 2 heterocycles. The number of nitrogens with one attached hydrogen (secondary N) is 1. The zero-order chi connectivity index (χ0) is 24.5. The van der Waals surface area contributed by atoms with Gasteiger partial charge < -0.3 is 15.0 Å². The first-order valence-electron chi connectivity index (χ1n) is 10.4. The lowest BCUT2D eigenvalue weighted by Gasteiger charge is -2.18. The minimum Gasteiger partial charge on any atom is -0.494 e. The van der Waals surface area contributed by atoms with Crippen LogP contribution in [0.4, 0.5) is 30.5 Å². The molecule has 3 aromatic rings. The molecule has 0 unspecified atom stereocenters. The molecular weight excluding hydrogens is 455 g/mol. The molecule has 178 valence electrons. The van der Waals surface area contributed by atoms with E-state index in [0.29, 0.717) is 29.3 Å². The number of rotatable bonds is 6. The van der Waals surface area contributed by atoms with E-state index in [1.54, 1.807) is 29.2 Å². The maximum Gasteiger partial charge on any atom is 0.418 e. The molecular formula is C22H20F3N5O4. The molecule has 12 heteroatoms. The zero-order valence-electron chi connectivity index (χ0n) is 18.0. The first kappa shape index (κ1) is 23.1. The second kappa shape index (κ2) is 9.04. The Bertz CT molecular complexity index is 1330. The fourth-order valence-electron chi connectivity index (χ4n) is 3.63. The van der Waals surface area contributed by atoms with Gasteiger partial charge in [0.25, 0.3) is 0 Å². The van der Waals surface area contributed by atoms with Crippen molar-refractivity contribution >= 4 is 23.2 Å². The lowest BCUT2D eigenvalue weighted by Crippen LogP contribution is -2.44. The fourth-order valence-corrected chi connectivity index (χ4v) is 3.63. The molecule has 0 saturated heterocycles. The number of aromatic nitrogens is 3. The predicted molar refractivity (Wildman–Crippen MR) is 117 cm³/mol. The van der Waals surface area contributed by atoms with Gasteiger partial charge in [0.1, 0.15) is 12.3 Å². The molecule has 0 spiro atoms. The number of halogens is 3. The largest absolute Gasteiger partial charge is 0.494 e. The number of alkyl halides is 3. The highest BCUT2D eigenvalue weighted by Gasteiger charge is 2.33. The van der Waals surface area contributed by atoms with Crippen LogP contribution in [0, 0.1) is 0 Å². The highest BCUT2D eigenvalue weighted by atomic mass is 19.4. The Morgan fingerprint density at radius 2 is 1.76 bits per heavy atom. The average molecular weight is 475 g/mol. The van der Waals surface area contributed by atoms with Crippen LogP contribution >= 0.6 is 0 Å². The molecule has 0 atom stereocenters. The number of hydrogen-bond acceptors (Lipinski definition) is 6. The first-order valence-corrected chi connectivity index (χ1v) is 10.4. The number of anilines is 3. The molecule has 1 aliphatic heterocycles. The van der Waals surface area contributed by atoms with Gasteiger partial charge in [-0.15, -0.1) is 5.10 Å². The zero-order valence-corrected chi connectivity index (χ0v) is 18.0. The number of benzene rings is 2. The molecule has 0 saturated carbocycles. The SMILES string of the molecule is CCOc1ccc(N2CCn3c2nn(CC(=O)Nc2ccccc2C(F)(F)F)c(=O)c3=O)cc1. The molecule has 9 nitrogen and oxygen atoms in total. The summed E-state index contributed by atoms with van der Waals surface area (Å²) >= 11 is 0. The van der Waals surface area contributed by atoms with E-state index in [9.17, 15) is 27.6 Å². The van der Waals surface area contributed by atoms with E-state index in [2.05, 4.69) is 10.4 Å². The maximum absolute atomic E-state index is 13.2. The molecule has 0 aliphatic carbocycles. The van der Waals surface area contributed by atoms with Crippen molar-refractivity contribution in [2.45, 2.75) is 26.2 Å². The number of amides is 1. The summed E-state index contributed by atoms with van der Waals surface area (Å²) in [4.78, 5) is 39.2. The van der Waals surface area contributed by atoms with E-state index in [0.717, 1.165) is 12.1 Å². The first-order chi connectivity index (χ1) is 16.2. The molecule has 0 fully saturated rings. The van der Waals surface area contributed by atoms with Crippen molar-refractivity contribution in [1.29, 1.82) is 0 Å². The van der Waals surface area contributed by atoms with Crippen LogP contribution in [-0.4, -0.2) is 33.4 Å². The lowest BCUT2D eigenvalue weighted by molar-refractivity contribution is -0.137. The van der Waals surface area contributed by atoms with Gasteiger partial charge in [0.15, 0.2) is 0 Å². The Hall–Kier alpha value is -4.09. The molecule has 34 heavy (non-hydrogen) atoms. The molecule has 2 aromatic carbocycles. The van der Waals surface area contributed by atoms with Gasteiger partial charge in [-0.3, -0.25) is 19.0 Å². The molecule has 4 rings (SSSR count). The molecule has 1 aliphatic rings. The number of hydrogen-bond donors (Lipinski definition) is 1. The Morgan fingerprint density at radius 1 is 1.06 bits per heavy atom. The van der Waals surface area contributed by atoms with Gasteiger partial charge in [0.05, 0.1) is 17.9 Å². The van der Waals surface area contributed by atoms with Crippen molar-refractivity contribution in [1.82, 2.24) is 14.3 Å². The van der Waals surface area contributed by atoms with Crippen molar-refractivity contribution in [2.75, 3.05) is 23.4 Å². The molecule has 1 N–H and O–H groups in total. The van der Waals surface area contributed by atoms with E-state index in [4.69, 9.17) is 4.74 Å². The van der Waals surface area contributed by atoms with Crippen LogP contribution in [0.2, 0.25) is 0 Å². The monoisotopic (exact) mass is 475 g/mol. The summed E-state index contributed by atoms with van der Waals surface area (Å²) in [6.45, 7) is 2.22. The number of nitrogens with zero attached hydrogens (tertiary/aromatic N) is 4. The Kier molecular flexibility index (Phi) is 6.14. The van der Waals surface area contributed by atoms with Crippen LogP contribution in [0.25, 0.3) is 0 Å². The van der Waals surface area contributed by atoms with Crippen LogP contribution in [0.3, 0.4) is 0 Å². The standard InChI is InChI=1S/C22H20F3N5O4/c1-2-34-15-9-7-14(8-10-15)28-11-12-29-19(32)20(33)30(27-21(28)29)13-18(31)26-17-6-4-3-5-16(17)22(23,24)25/h3-10H,2,11-13H2,1H3,(H,26,31). The number of ether oxygens (including phenoxy) is 1. The molecule has 1 amide bonds. The van der Waals surface area contributed by atoms with Crippen LogP contribution in [0.5, 0.6) is 5.75 Å². The number of carbonyl (C=O) groups is 1. The summed E-state index contributed by atoms with van der Waals surface area (Å²) in [6.07, 6.45) is -4.68. The summed E-state index contributed by atoms with van der Waals surface area (Å²) in [6, 6.07) is 11.5. The van der Waals surface area contributed by atoms with Gasteiger partial charge in [0.2, 0.25) is 11.9 Å². The third-order valence-corrected chi connectivity index (χ3v) is 5.16. The van der Waals surface area contributed by atoms with E-state index >= 15 is 0 Å². The minimum absolute atomic E-state index is 0.150. The normalized spacial score (nSPS) is 13.0. The van der Waals surface area contributed by atoms with E-state index in [-0.39, 0.29) is 12.5 Å². The smallest absolute Gasteiger partial charge is 0.418 e. The number of fused-ring (bicyclic) bond motifs is 1. The Labute approximate surface area is 191 Å². The summed E-state index contributed by atoms with van der Waals surface area (Å²) in [5.74, 6) is -0.116. The summed E-state index contributed by atoms with van der Waals surface area (Å²) < 4.78 is 46.8. The van der Waals surface area contributed by atoms with Gasteiger partial charge >= 0.3 is 17.3 Å². The molecule has 0 radical (unpaired) electrons. The summed E-state index contributed by atoms with van der Waals surface area (Å²) in [5, 5.41) is 6.31. The van der Waals surface area contributed by atoms with Crippen LogP contribution in [-0.2, 0) is 24.1 Å². The third kappa shape index (κ3) is 4.51. The topological polar surface area (TPSA) is 98.5 Å². The fraction of sp³-hybridized carbons (Fsp3) is 0.273. The minimum atomic E-state index is -4.68. The van der Waals surface area contributed by atoms with Crippen molar-refractivity contribution in [2.24, 2.45) is 0 Å². The predicted octanol–water partition coefficient (Wildman–Crippen LogP) is 2.61. The van der Waals surface area contributed by atoms with Gasteiger partial charge in [-0.05, 0) is 43.3 Å². The van der Waals surface area contributed by atoms with Gasteiger partial charge in [-0.25, -0.2) is 4.68 Å². The van der Waals surface area contributed by atoms with E-state index < -0.39 is 41.0 Å². The number of carbonyl (C=O) groups excluding carboxylic acids is 1. The van der Waals surface area contributed by atoms with Gasteiger partial charge in [-0.1, -0.05) is 12.1 Å². The van der Waals surface area contributed by atoms with E-state index in [1.807, 2.05) is 6.92 Å². The van der Waals surface area contributed by atoms with Crippen LogP contribution in [0.15, 0.2) is 58.1 Å². The lowest BCUT2D eigenvalue weighted by atomic mass is 10.1. The van der Waals surface area contributed by atoms with E-state index in [1.165, 1.54) is 16.7 Å². The van der Waals surface area contributed by atoms with Crippen molar-refractivity contribution in [3.8, 4) is 5.75 Å². The van der Waals surface area contributed by atoms with Crippen molar-refractivity contribution in [3.63, 3.8) is 0 Å². The highest BCUT2D eigenvalue weighted by molar-refractivity contribution is 5.91.